The molecule has 2 fully saturated rings. The molecule has 3 heterocycles. The minimum absolute atomic E-state index is 0.169. The molecule has 5 heteroatoms. The van der Waals surface area contributed by atoms with Gasteiger partial charge in [-0.1, -0.05) is 24.3 Å². The molecule has 0 unspecified atom stereocenters. The summed E-state index contributed by atoms with van der Waals surface area (Å²) in [6.07, 6.45) is 9.46. The fraction of sp³-hybridized carbons (Fsp3) is 0.464. The SMILES string of the molecule is O=C(Cc1ccc2ccn(C3CCN(CCc4ccc(F)cc4)CC3)c2c1)N1CCCCC1. The number of amides is 1. The number of nitrogens with zero attached hydrogens (tertiary/aromatic N) is 3. The maximum atomic E-state index is 13.1. The average molecular weight is 448 g/mol. The maximum absolute atomic E-state index is 13.1. The highest BCUT2D eigenvalue weighted by molar-refractivity contribution is 5.84. The van der Waals surface area contributed by atoms with E-state index in [0.717, 1.165) is 70.4 Å². The fourth-order valence-corrected chi connectivity index (χ4v) is 5.41. The molecule has 0 bridgehead atoms. The van der Waals surface area contributed by atoms with Crippen LogP contribution in [0, 0.1) is 5.82 Å². The van der Waals surface area contributed by atoms with Gasteiger partial charge in [-0.2, -0.15) is 0 Å². The minimum Gasteiger partial charge on any atom is -0.344 e. The van der Waals surface area contributed by atoms with E-state index in [1.54, 1.807) is 12.1 Å². The normalized spacial score (nSPS) is 18.2. The predicted molar refractivity (Wildman–Crippen MR) is 131 cm³/mol. The molecule has 174 valence electrons. The number of hydrogen-bond donors (Lipinski definition) is 0. The summed E-state index contributed by atoms with van der Waals surface area (Å²) in [6.45, 7) is 5.01. The number of carbonyl (C=O) groups is 1. The molecule has 0 saturated carbocycles. The third-order valence-corrected chi connectivity index (χ3v) is 7.43. The molecule has 0 aliphatic carbocycles. The lowest BCUT2D eigenvalue weighted by Crippen LogP contribution is -2.36. The molecule has 0 N–H and O–H groups in total. The Hall–Kier alpha value is -2.66. The zero-order chi connectivity index (χ0) is 22.6. The first-order valence-corrected chi connectivity index (χ1v) is 12.5. The molecule has 4 nitrogen and oxygen atoms in total. The second kappa shape index (κ2) is 10.1. The number of benzene rings is 2. The quantitative estimate of drug-likeness (QED) is 0.519. The van der Waals surface area contributed by atoms with Gasteiger partial charge < -0.3 is 14.4 Å². The summed E-state index contributed by atoms with van der Waals surface area (Å²) >= 11 is 0. The molecule has 5 rings (SSSR count). The largest absolute Gasteiger partial charge is 0.344 e. The van der Waals surface area contributed by atoms with Crippen LogP contribution < -0.4 is 0 Å². The lowest BCUT2D eigenvalue weighted by Gasteiger charge is -2.33. The zero-order valence-electron chi connectivity index (χ0n) is 19.4. The van der Waals surface area contributed by atoms with Gasteiger partial charge in [0.05, 0.1) is 6.42 Å². The monoisotopic (exact) mass is 447 g/mol. The maximum Gasteiger partial charge on any atom is 0.226 e. The van der Waals surface area contributed by atoms with E-state index in [1.807, 2.05) is 17.0 Å². The Morgan fingerprint density at radius 1 is 0.879 bits per heavy atom. The third kappa shape index (κ3) is 5.30. The summed E-state index contributed by atoms with van der Waals surface area (Å²) in [6, 6.07) is 16.1. The van der Waals surface area contributed by atoms with Crippen molar-refractivity contribution in [1.82, 2.24) is 14.4 Å². The summed E-state index contributed by atoms with van der Waals surface area (Å²) in [5, 5.41) is 1.25. The molecule has 3 aromatic rings. The summed E-state index contributed by atoms with van der Waals surface area (Å²) in [7, 11) is 0. The molecule has 33 heavy (non-hydrogen) atoms. The molecule has 0 spiro atoms. The lowest BCUT2D eigenvalue weighted by atomic mass is 10.0. The van der Waals surface area contributed by atoms with Crippen molar-refractivity contribution in [2.45, 2.75) is 51.0 Å². The van der Waals surface area contributed by atoms with Gasteiger partial charge in [0.2, 0.25) is 5.91 Å². The van der Waals surface area contributed by atoms with E-state index in [4.69, 9.17) is 0 Å². The Kier molecular flexibility index (Phi) is 6.77. The van der Waals surface area contributed by atoms with Crippen molar-refractivity contribution >= 4 is 16.8 Å². The molecule has 0 atom stereocenters. The first-order chi connectivity index (χ1) is 16.2. The van der Waals surface area contributed by atoms with E-state index in [0.29, 0.717) is 12.5 Å². The van der Waals surface area contributed by atoms with Crippen molar-refractivity contribution in [2.24, 2.45) is 0 Å². The molecule has 1 amide bonds. The van der Waals surface area contributed by atoms with E-state index in [-0.39, 0.29) is 11.7 Å². The second-order valence-corrected chi connectivity index (χ2v) is 9.68. The fourth-order valence-electron chi connectivity index (χ4n) is 5.41. The van der Waals surface area contributed by atoms with Crippen LogP contribution in [0.2, 0.25) is 0 Å². The third-order valence-electron chi connectivity index (χ3n) is 7.43. The van der Waals surface area contributed by atoms with Gasteiger partial charge in [0.25, 0.3) is 0 Å². The number of likely N-dealkylation sites (tertiary alicyclic amines) is 2. The van der Waals surface area contributed by atoms with Crippen molar-refractivity contribution < 1.29 is 9.18 Å². The van der Waals surface area contributed by atoms with Crippen LogP contribution in [0.1, 0.15) is 49.3 Å². The zero-order valence-corrected chi connectivity index (χ0v) is 19.4. The van der Waals surface area contributed by atoms with Gasteiger partial charge in [0.1, 0.15) is 5.82 Å². The number of aromatic nitrogens is 1. The summed E-state index contributed by atoms with van der Waals surface area (Å²) in [5.74, 6) is 0.0964. The van der Waals surface area contributed by atoms with E-state index >= 15 is 0 Å². The van der Waals surface area contributed by atoms with Gasteiger partial charge in [-0.3, -0.25) is 4.79 Å². The van der Waals surface area contributed by atoms with Crippen molar-refractivity contribution in [3.8, 4) is 0 Å². The Bertz CT molecular complexity index is 1080. The predicted octanol–water partition coefficient (Wildman–Crippen LogP) is 5.22. The average Bonchev–Trinajstić information content (AvgIpc) is 3.28. The molecule has 2 aliphatic heterocycles. The lowest BCUT2D eigenvalue weighted by molar-refractivity contribution is -0.131. The van der Waals surface area contributed by atoms with Crippen molar-refractivity contribution in [1.29, 1.82) is 0 Å². The van der Waals surface area contributed by atoms with Gasteiger partial charge in [-0.25, -0.2) is 4.39 Å². The molecule has 2 aromatic carbocycles. The number of piperidine rings is 2. The molecular formula is C28H34FN3O. The molecule has 0 radical (unpaired) electrons. The van der Waals surface area contributed by atoms with Gasteiger partial charge in [-0.05, 0) is 79.3 Å². The topological polar surface area (TPSA) is 28.5 Å². The first-order valence-electron chi connectivity index (χ1n) is 12.5. The van der Waals surface area contributed by atoms with Crippen molar-refractivity contribution in [3.05, 3.63) is 71.7 Å². The van der Waals surface area contributed by atoms with Crippen LogP contribution in [0.25, 0.3) is 10.9 Å². The highest BCUT2D eigenvalue weighted by atomic mass is 19.1. The van der Waals surface area contributed by atoms with Crippen LogP contribution in [0.3, 0.4) is 0 Å². The van der Waals surface area contributed by atoms with Gasteiger partial charge in [0, 0.05) is 50.5 Å². The number of rotatable bonds is 6. The Labute approximate surface area is 196 Å². The van der Waals surface area contributed by atoms with Gasteiger partial charge >= 0.3 is 0 Å². The summed E-state index contributed by atoms with van der Waals surface area (Å²) in [5.41, 5.74) is 3.57. The second-order valence-electron chi connectivity index (χ2n) is 9.68. The van der Waals surface area contributed by atoms with Gasteiger partial charge in [-0.15, -0.1) is 0 Å². The highest BCUT2D eigenvalue weighted by Crippen LogP contribution is 2.29. The number of hydrogen-bond acceptors (Lipinski definition) is 2. The number of fused-ring (bicyclic) bond motifs is 1. The molecule has 1 aromatic heterocycles. The molecule has 2 saturated heterocycles. The van der Waals surface area contributed by atoms with Crippen LogP contribution in [-0.2, 0) is 17.6 Å². The highest BCUT2D eigenvalue weighted by Gasteiger charge is 2.22. The molecular weight excluding hydrogens is 413 g/mol. The van der Waals surface area contributed by atoms with Crippen LogP contribution in [0.5, 0.6) is 0 Å². The van der Waals surface area contributed by atoms with E-state index in [1.165, 1.54) is 22.9 Å². The van der Waals surface area contributed by atoms with Crippen molar-refractivity contribution in [2.75, 3.05) is 32.7 Å². The molecule has 2 aliphatic rings. The van der Waals surface area contributed by atoms with E-state index in [9.17, 15) is 9.18 Å². The van der Waals surface area contributed by atoms with E-state index in [2.05, 4.69) is 39.9 Å². The van der Waals surface area contributed by atoms with Crippen molar-refractivity contribution in [3.63, 3.8) is 0 Å². The number of carbonyl (C=O) groups excluding carboxylic acids is 1. The summed E-state index contributed by atoms with van der Waals surface area (Å²) in [4.78, 5) is 17.3. The van der Waals surface area contributed by atoms with Crippen LogP contribution in [0.15, 0.2) is 54.7 Å². The van der Waals surface area contributed by atoms with Crippen LogP contribution >= 0.6 is 0 Å². The standard InChI is InChI=1S/C28H34FN3O/c29-25-8-5-22(6-9-25)10-16-30-17-12-26(13-18-30)32-19-11-24-7-4-23(20-27(24)32)21-28(33)31-14-2-1-3-15-31/h4-9,11,19-20,26H,1-3,10,12-18,21H2. The minimum atomic E-state index is -0.169. The van der Waals surface area contributed by atoms with E-state index < -0.39 is 0 Å². The smallest absolute Gasteiger partial charge is 0.226 e. The Balaban J connectivity index is 1.19. The van der Waals surface area contributed by atoms with Gasteiger partial charge in [0.15, 0.2) is 0 Å². The Morgan fingerprint density at radius 2 is 1.61 bits per heavy atom. The number of halogens is 1. The van der Waals surface area contributed by atoms with Crippen LogP contribution in [-0.4, -0.2) is 53.0 Å². The van der Waals surface area contributed by atoms with Crippen LogP contribution in [0.4, 0.5) is 4.39 Å². The Morgan fingerprint density at radius 3 is 2.36 bits per heavy atom. The first kappa shape index (κ1) is 22.1. The summed E-state index contributed by atoms with van der Waals surface area (Å²) < 4.78 is 15.5.